The molecule has 0 aliphatic carbocycles. The van der Waals surface area contributed by atoms with E-state index in [1.54, 1.807) is 6.92 Å². The minimum Gasteiger partial charge on any atom is -0.397 e. The fourth-order valence-corrected chi connectivity index (χ4v) is 5.75. The highest BCUT2D eigenvalue weighted by Gasteiger charge is 2.18. The molecule has 0 saturated heterocycles. The first-order valence-corrected chi connectivity index (χ1v) is 14.2. The molecule has 6 aromatic rings. The van der Waals surface area contributed by atoms with E-state index in [0.29, 0.717) is 41.6 Å². The van der Waals surface area contributed by atoms with Crippen molar-refractivity contribution < 1.29 is 5.11 Å². The number of aromatic nitrogens is 4. The van der Waals surface area contributed by atoms with E-state index in [1.165, 1.54) is 22.7 Å². The Morgan fingerprint density at radius 2 is 1.02 bits per heavy atom. The number of nitrogens with one attached hydrogen (secondary N) is 2. The number of hydrogen-bond donors (Lipinski definition) is 7. The number of hydrogen-bond acceptors (Lipinski definition) is 15. The SMILES string of the molecule is CCO.N#Cc1c(Nc2ccccc2)sc2c(N)nc(N)nc12.N#Cc1c(Nc2ccccc2)sc2c(N)nc(N)nc12. The van der Waals surface area contributed by atoms with Gasteiger partial charge in [0.15, 0.2) is 0 Å². The molecule has 0 radical (unpaired) electrons. The summed E-state index contributed by atoms with van der Waals surface area (Å²) < 4.78 is 1.32. The molecular formula is C28H26N12OS2. The van der Waals surface area contributed by atoms with Crippen LogP contribution in [0.4, 0.5) is 44.9 Å². The van der Waals surface area contributed by atoms with Crippen LogP contribution in [-0.2, 0) is 0 Å². The summed E-state index contributed by atoms with van der Waals surface area (Å²) in [6.07, 6.45) is 0. The Kier molecular flexibility index (Phi) is 9.66. The molecule has 2 aromatic carbocycles. The summed E-state index contributed by atoms with van der Waals surface area (Å²) in [6.45, 7) is 1.93. The minimum absolute atomic E-state index is 0.0653. The third kappa shape index (κ3) is 6.95. The van der Waals surface area contributed by atoms with Gasteiger partial charge < -0.3 is 38.7 Å². The number of aliphatic hydroxyl groups is 1. The van der Waals surface area contributed by atoms with Crippen molar-refractivity contribution in [1.82, 2.24) is 19.9 Å². The van der Waals surface area contributed by atoms with Gasteiger partial charge in [0.1, 0.15) is 55.9 Å². The molecule has 0 bridgehead atoms. The highest BCUT2D eigenvalue weighted by Crippen LogP contribution is 2.39. The molecule has 6 rings (SSSR count). The maximum Gasteiger partial charge on any atom is 0.222 e. The van der Waals surface area contributed by atoms with Gasteiger partial charge in [-0.3, -0.25) is 0 Å². The molecule has 0 fully saturated rings. The van der Waals surface area contributed by atoms with Crippen LogP contribution in [0.15, 0.2) is 60.7 Å². The van der Waals surface area contributed by atoms with Crippen LogP contribution in [0.25, 0.3) is 20.4 Å². The van der Waals surface area contributed by atoms with Crippen molar-refractivity contribution in [3.8, 4) is 12.1 Å². The van der Waals surface area contributed by atoms with Crippen LogP contribution in [0, 0.1) is 22.7 Å². The van der Waals surface area contributed by atoms with Crippen molar-refractivity contribution in [2.45, 2.75) is 6.92 Å². The maximum atomic E-state index is 9.34. The van der Waals surface area contributed by atoms with Gasteiger partial charge in [-0.25, -0.2) is 9.97 Å². The number of rotatable bonds is 4. The zero-order valence-electron chi connectivity index (χ0n) is 22.7. The summed E-state index contributed by atoms with van der Waals surface area (Å²) in [7, 11) is 0. The molecule has 0 spiro atoms. The molecule has 15 heteroatoms. The van der Waals surface area contributed by atoms with Crippen LogP contribution in [-0.4, -0.2) is 31.6 Å². The Labute approximate surface area is 254 Å². The van der Waals surface area contributed by atoms with E-state index in [9.17, 15) is 10.5 Å². The second-order valence-corrected chi connectivity index (χ2v) is 10.5. The van der Waals surface area contributed by atoms with Crippen molar-refractivity contribution in [2.24, 2.45) is 0 Å². The van der Waals surface area contributed by atoms with Gasteiger partial charge in [0.25, 0.3) is 0 Å². The topological polar surface area (TPSA) is 248 Å². The van der Waals surface area contributed by atoms with Crippen molar-refractivity contribution >= 4 is 88.0 Å². The Hall–Kier alpha value is -5.74. The lowest BCUT2D eigenvalue weighted by atomic mass is 10.2. The molecule has 43 heavy (non-hydrogen) atoms. The fourth-order valence-electron chi connectivity index (χ4n) is 3.72. The first-order chi connectivity index (χ1) is 20.8. The normalized spacial score (nSPS) is 10.0. The molecule has 0 unspecified atom stereocenters. The molecule has 0 aliphatic heterocycles. The first-order valence-electron chi connectivity index (χ1n) is 12.6. The van der Waals surface area contributed by atoms with Crippen molar-refractivity contribution in [2.75, 3.05) is 40.2 Å². The van der Waals surface area contributed by atoms with E-state index in [2.05, 4.69) is 42.7 Å². The second-order valence-electron chi connectivity index (χ2n) is 8.42. The number of nitriles is 2. The van der Waals surface area contributed by atoms with Crippen molar-refractivity contribution in [3.63, 3.8) is 0 Å². The van der Waals surface area contributed by atoms with Gasteiger partial charge in [0, 0.05) is 18.0 Å². The van der Waals surface area contributed by atoms with Crippen LogP contribution in [0.3, 0.4) is 0 Å². The zero-order valence-corrected chi connectivity index (χ0v) is 24.4. The number of benzene rings is 2. The maximum absolute atomic E-state index is 9.34. The van der Waals surface area contributed by atoms with Gasteiger partial charge >= 0.3 is 0 Å². The van der Waals surface area contributed by atoms with Crippen LogP contribution in [0.5, 0.6) is 0 Å². The zero-order chi connectivity index (χ0) is 30.9. The number of aliphatic hydroxyl groups excluding tert-OH is 1. The third-order valence-corrected chi connectivity index (χ3v) is 7.67. The molecule has 0 amide bonds. The van der Waals surface area contributed by atoms with E-state index in [0.717, 1.165) is 11.4 Å². The summed E-state index contributed by atoms with van der Waals surface area (Å²) in [4.78, 5) is 16.0. The third-order valence-electron chi connectivity index (χ3n) is 5.44. The number of nitrogens with two attached hydrogens (primary N) is 4. The Balaban J connectivity index is 0.000000181. The summed E-state index contributed by atoms with van der Waals surface area (Å²) in [5.41, 5.74) is 26.4. The Morgan fingerprint density at radius 3 is 1.35 bits per heavy atom. The molecule has 13 nitrogen and oxygen atoms in total. The highest BCUT2D eigenvalue weighted by atomic mass is 32.1. The lowest BCUT2D eigenvalue weighted by Gasteiger charge is -2.02. The van der Waals surface area contributed by atoms with Crippen molar-refractivity contribution in [1.29, 1.82) is 10.5 Å². The summed E-state index contributed by atoms with van der Waals surface area (Å²) >= 11 is 2.68. The number of thiophene rings is 2. The summed E-state index contributed by atoms with van der Waals surface area (Å²) in [6, 6.07) is 23.4. The molecule has 4 heterocycles. The largest absolute Gasteiger partial charge is 0.397 e. The number of para-hydroxylation sites is 2. The van der Waals surface area contributed by atoms with Crippen LogP contribution < -0.4 is 33.6 Å². The Bertz CT molecular complexity index is 1800. The molecule has 4 aromatic heterocycles. The number of anilines is 8. The van der Waals surface area contributed by atoms with Crippen molar-refractivity contribution in [3.05, 3.63) is 71.8 Å². The standard InChI is InChI=1S/2C13H10N6S.C2H6O/c2*14-6-8-9-10(11(15)19-13(16)18-9)20-12(8)17-7-4-2-1-3-5-7;1-2-3/h2*1-5,17H,(H4,15,16,18,19);3H,2H2,1H3. The smallest absolute Gasteiger partial charge is 0.222 e. The van der Waals surface area contributed by atoms with Gasteiger partial charge in [-0.15, -0.1) is 22.7 Å². The predicted octanol–water partition coefficient (Wildman–Crippen LogP) is 4.94. The van der Waals surface area contributed by atoms with Crippen LogP contribution >= 0.6 is 22.7 Å². The van der Waals surface area contributed by atoms with E-state index in [-0.39, 0.29) is 30.1 Å². The monoisotopic (exact) mass is 610 g/mol. The molecule has 0 atom stereocenters. The van der Waals surface area contributed by atoms with E-state index >= 15 is 0 Å². The Morgan fingerprint density at radius 1 is 0.674 bits per heavy atom. The molecular weight excluding hydrogens is 585 g/mol. The van der Waals surface area contributed by atoms with Gasteiger partial charge in [-0.05, 0) is 31.2 Å². The average molecular weight is 611 g/mol. The van der Waals surface area contributed by atoms with E-state index in [4.69, 9.17) is 28.0 Å². The molecule has 0 aliphatic rings. The van der Waals surface area contributed by atoms with Gasteiger partial charge in [0.05, 0.1) is 9.40 Å². The number of nitrogens with zero attached hydrogens (tertiary/aromatic N) is 6. The van der Waals surface area contributed by atoms with Gasteiger partial charge in [-0.2, -0.15) is 20.5 Å². The minimum atomic E-state index is 0.0653. The quantitative estimate of drug-likeness (QED) is 0.140. The van der Waals surface area contributed by atoms with E-state index < -0.39 is 0 Å². The highest BCUT2D eigenvalue weighted by molar-refractivity contribution is 7.24. The first kappa shape index (κ1) is 30.2. The summed E-state index contributed by atoms with van der Waals surface area (Å²) in [5.74, 6) is 0.705. The molecule has 0 saturated carbocycles. The molecule has 216 valence electrons. The van der Waals surface area contributed by atoms with Gasteiger partial charge in [0.2, 0.25) is 11.9 Å². The lowest BCUT2D eigenvalue weighted by molar-refractivity contribution is 0.318. The fraction of sp³-hybridized carbons (Fsp3) is 0.0714. The van der Waals surface area contributed by atoms with E-state index in [1.807, 2.05) is 60.7 Å². The average Bonchev–Trinajstić information content (AvgIpc) is 3.52. The second kappa shape index (κ2) is 13.7. The van der Waals surface area contributed by atoms with Crippen LogP contribution in [0.1, 0.15) is 18.1 Å². The summed E-state index contributed by atoms with van der Waals surface area (Å²) in [5, 5.41) is 34.0. The van der Waals surface area contributed by atoms with Gasteiger partial charge in [-0.1, -0.05) is 36.4 Å². The lowest BCUT2D eigenvalue weighted by Crippen LogP contribution is -1.99. The molecule has 11 N–H and O–H groups in total. The predicted molar refractivity (Wildman–Crippen MR) is 174 cm³/mol. The van der Waals surface area contributed by atoms with Crippen LogP contribution in [0.2, 0.25) is 0 Å². The number of nitrogen functional groups attached to an aromatic ring is 4. The number of fused-ring (bicyclic) bond motifs is 2.